The number of amides is 2. The summed E-state index contributed by atoms with van der Waals surface area (Å²) in [4.78, 5) is 32.9. The highest BCUT2D eigenvalue weighted by molar-refractivity contribution is 5.99. The summed E-state index contributed by atoms with van der Waals surface area (Å²) >= 11 is 0. The van der Waals surface area contributed by atoms with Gasteiger partial charge in [0.15, 0.2) is 0 Å². The van der Waals surface area contributed by atoms with Crippen LogP contribution in [-0.4, -0.2) is 59.6 Å². The van der Waals surface area contributed by atoms with Crippen molar-refractivity contribution in [2.24, 2.45) is 0 Å². The first-order chi connectivity index (χ1) is 24.4. The summed E-state index contributed by atoms with van der Waals surface area (Å²) in [7, 11) is 0. The van der Waals surface area contributed by atoms with Crippen molar-refractivity contribution in [3.8, 4) is 16.9 Å². The van der Waals surface area contributed by atoms with Gasteiger partial charge in [0.1, 0.15) is 5.69 Å². The molecule has 0 bridgehead atoms. The Morgan fingerprint density at radius 3 is 2.41 bits per heavy atom. The molecule has 0 atom stereocenters. The molecule has 0 unspecified atom stereocenters. The third kappa shape index (κ3) is 7.09. The Morgan fingerprint density at radius 2 is 1.67 bits per heavy atom. The average molecular weight is 693 g/mol. The molecule has 260 valence electrons. The van der Waals surface area contributed by atoms with Crippen LogP contribution in [0.5, 0.6) is 0 Å². The number of pyridine rings is 1. The van der Waals surface area contributed by atoms with E-state index in [0.717, 1.165) is 33.9 Å². The van der Waals surface area contributed by atoms with E-state index >= 15 is 0 Å². The van der Waals surface area contributed by atoms with Gasteiger partial charge in [0.25, 0.3) is 11.8 Å². The van der Waals surface area contributed by atoms with E-state index in [-0.39, 0.29) is 35.3 Å². The van der Waals surface area contributed by atoms with Crippen LogP contribution < -0.4 is 5.32 Å². The summed E-state index contributed by atoms with van der Waals surface area (Å²) in [5.74, 6) is -0.805. The predicted octanol–water partition coefficient (Wildman–Crippen LogP) is 7.03. The number of alkyl halides is 3. The second kappa shape index (κ2) is 13.5. The Balaban J connectivity index is 0.977. The number of rotatable bonds is 7. The lowest BCUT2D eigenvalue weighted by Crippen LogP contribution is -2.39. The number of carbonyl (C=O) groups excluding carboxylic acids is 2. The van der Waals surface area contributed by atoms with E-state index in [1.165, 1.54) is 22.9 Å². The van der Waals surface area contributed by atoms with Gasteiger partial charge in [-0.1, -0.05) is 29.5 Å². The molecule has 0 radical (unpaired) electrons. The highest BCUT2D eigenvalue weighted by Gasteiger charge is 2.34. The van der Waals surface area contributed by atoms with Crippen LogP contribution in [0.2, 0.25) is 0 Å². The molecule has 1 saturated heterocycles. The summed E-state index contributed by atoms with van der Waals surface area (Å²) in [5.41, 5.74) is 4.83. The number of benzene rings is 3. The Labute approximate surface area is 291 Å². The summed E-state index contributed by atoms with van der Waals surface area (Å²) in [5, 5.41) is 16.7. The summed E-state index contributed by atoms with van der Waals surface area (Å²) < 4.78 is 45.5. The Hall–Kier alpha value is -5.85. The minimum absolute atomic E-state index is 0.0699. The molecule has 0 saturated carbocycles. The molecule has 1 fully saturated rings. The average Bonchev–Trinajstić information content (AvgIpc) is 3.76. The Bertz CT molecular complexity index is 2270. The van der Waals surface area contributed by atoms with Crippen molar-refractivity contribution in [3.63, 3.8) is 0 Å². The first kappa shape index (κ1) is 33.6. The minimum Gasteiger partial charge on any atom is -0.348 e. The highest BCUT2D eigenvalue weighted by atomic mass is 19.4. The SMILES string of the molecule is Cc1ccc2cc(-c3cn(C4CCN(C(=O)c5cccc(C(=O)NCc6ccc(-n7nc(C)cc7C)cc6C(F)(F)F)c5)CC4)nn3)ccc2n1. The number of nitrogens with zero attached hydrogens (tertiary/aromatic N) is 7. The van der Waals surface area contributed by atoms with E-state index in [2.05, 4.69) is 25.7 Å². The molecule has 1 aliphatic rings. The number of aromatic nitrogens is 6. The van der Waals surface area contributed by atoms with Gasteiger partial charge in [-0.05, 0) is 93.8 Å². The van der Waals surface area contributed by atoms with Crippen LogP contribution in [0.4, 0.5) is 13.2 Å². The minimum atomic E-state index is -4.64. The third-order valence-electron chi connectivity index (χ3n) is 9.22. The molecule has 0 spiro atoms. The molecule has 51 heavy (non-hydrogen) atoms. The van der Waals surface area contributed by atoms with Crippen LogP contribution in [0.25, 0.3) is 27.8 Å². The lowest BCUT2D eigenvalue weighted by Gasteiger charge is -2.32. The number of carbonyl (C=O) groups is 2. The van der Waals surface area contributed by atoms with E-state index in [0.29, 0.717) is 42.9 Å². The second-order valence-electron chi connectivity index (χ2n) is 12.9. The molecule has 3 aromatic carbocycles. The number of aryl methyl sites for hydroxylation is 3. The van der Waals surface area contributed by atoms with Gasteiger partial charge in [-0.3, -0.25) is 14.6 Å². The number of hydrogen-bond donors (Lipinski definition) is 1. The molecule has 10 nitrogen and oxygen atoms in total. The van der Waals surface area contributed by atoms with E-state index in [1.807, 2.05) is 48.1 Å². The van der Waals surface area contributed by atoms with Gasteiger partial charge in [0, 0.05) is 53.1 Å². The smallest absolute Gasteiger partial charge is 0.348 e. The van der Waals surface area contributed by atoms with Crippen LogP contribution >= 0.6 is 0 Å². The molecule has 2 amide bonds. The van der Waals surface area contributed by atoms with Crippen LogP contribution in [-0.2, 0) is 12.7 Å². The lowest BCUT2D eigenvalue weighted by atomic mass is 10.0. The molecule has 13 heteroatoms. The van der Waals surface area contributed by atoms with Gasteiger partial charge in [0.2, 0.25) is 0 Å². The van der Waals surface area contributed by atoms with E-state index in [1.54, 1.807) is 43.0 Å². The molecular formula is C38H35F3N8O2. The number of likely N-dealkylation sites (tertiary alicyclic amines) is 1. The maximum absolute atomic E-state index is 14.1. The second-order valence-corrected chi connectivity index (χ2v) is 12.9. The van der Waals surface area contributed by atoms with Crippen LogP contribution in [0.15, 0.2) is 85.1 Å². The molecule has 1 aliphatic heterocycles. The zero-order chi connectivity index (χ0) is 35.9. The lowest BCUT2D eigenvalue weighted by molar-refractivity contribution is -0.138. The van der Waals surface area contributed by atoms with Gasteiger partial charge < -0.3 is 10.2 Å². The first-order valence-corrected chi connectivity index (χ1v) is 16.6. The number of piperidine rings is 1. The fourth-order valence-electron chi connectivity index (χ4n) is 6.57. The molecule has 1 N–H and O–H groups in total. The van der Waals surface area contributed by atoms with Crippen molar-refractivity contribution in [3.05, 3.63) is 124 Å². The van der Waals surface area contributed by atoms with Crippen molar-refractivity contribution in [1.82, 2.24) is 40.0 Å². The standard InChI is InChI=1S/C38H35F3N8O2/c1-23-7-8-26-18-27(10-12-34(26)43-23)35-22-48(46-44-35)31-13-15-47(16-14-31)37(51)29-6-4-5-28(19-29)36(50)42-21-30-9-11-32(20-33(30)38(39,40)41)49-25(3)17-24(2)45-49/h4-12,17-20,22,31H,13-16,21H2,1-3H3,(H,42,50). The number of nitrogens with one attached hydrogen (secondary N) is 1. The summed E-state index contributed by atoms with van der Waals surface area (Å²) in [6.45, 7) is 6.13. The highest BCUT2D eigenvalue weighted by Crippen LogP contribution is 2.34. The summed E-state index contributed by atoms with van der Waals surface area (Å²) in [6.07, 6.45) is -1.36. The maximum Gasteiger partial charge on any atom is 0.416 e. The zero-order valence-electron chi connectivity index (χ0n) is 28.3. The van der Waals surface area contributed by atoms with Gasteiger partial charge >= 0.3 is 6.18 Å². The first-order valence-electron chi connectivity index (χ1n) is 16.6. The van der Waals surface area contributed by atoms with Gasteiger partial charge in [-0.15, -0.1) is 5.10 Å². The number of halogens is 3. The molecule has 3 aromatic heterocycles. The number of fused-ring (bicyclic) bond motifs is 1. The van der Waals surface area contributed by atoms with Crippen LogP contribution in [0.1, 0.15) is 67.8 Å². The van der Waals surface area contributed by atoms with Crippen LogP contribution in [0.3, 0.4) is 0 Å². The summed E-state index contributed by atoms with van der Waals surface area (Å²) in [6, 6.07) is 22.1. The monoisotopic (exact) mass is 692 g/mol. The van der Waals surface area contributed by atoms with E-state index in [4.69, 9.17) is 0 Å². The predicted molar refractivity (Wildman–Crippen MR) is 185 cm³/mol. The molecule has 4 heterocycles. The number of hydrogen-bond acceptors (Lipinski definition) is 6. The van der Waals surface area contributed by atoms with E-state index < -0.39 is 17.6 Å². The topological polar surface area (TPSA) is 111 Å². The van der Waals surface area contributed by atoms with Crippen molar-refractivity contribution in [2.75, 3.05) is 13.1 Å². The van der Waals surface area contributed by atoms with Gasteiger partial charge in [-0.2, -0.15) is 18.3 Å². The van der Waals surface area contributed by atoms with Gasteiger partial charge in [0.05, 0.1) is 34.7 Å². The normalized spacial score (nSPS) is 13.9. The Morgan fingerprint density at radius 1 is 0.882 bits per heavy atom. The third-order valence-corrected chi connectivity index (χ3v) is 9.22. The van der Waals surface area contributed by atoms with Crippen molar-refractivity contribution < 1.29 is 22.8 Å². The molecular weight excluding hydrogens is 657 g/mol. The quantitative estimate of drug-likeness (QED) is 0.192. The van der Waals surface area contributed by atoms with Crippen LogP contribution in [0, 0.1) is 20.8 Å². The van der Waals surface area contributed by atoms with Crippen molar-refractivity contribution in [2.45, 2.75) is 52.4 Å². The zero-order valence-corrected chi connectivity index (χ0v) is 28.3. The fourth-order valence-corrected chi connectivity index (χ4v) is 6.57. The van der Waals surface area contributed by atoms with Crippen molar-refractivity contribution >= 4 is 22.7 Å². The molecule has 6 aromatic rings. The van der Waals surface area contributed by atoms with Crippen molar-refractivity contribution in [1.29, 1.82) is 0 Å². The molecule has 7 rings (SSSR count). The maximum atomic E-state index is 14.1. The Kier molecular flexibility index (Phi) is 8.88. The van der Waals surface area contributed by atoms with E-state index in [9.17, 15) is 22.8 Å². The molecule has 0 aliphatic carbocycles. The fraction of sp³-hybridized carbons (Fsp3) is 0.263. The van der Waals surface area contributed by atoms with Gasteiger partial charge in [-0.25, -0.2) is 9.36 Å². The largest absolute Gasteiger partial charge is 0.416 e.